The molecule has 0 aromatic heterocycles. The lowest BCUT2D eigenvalue weighted by Gasteiger charge is -2.48. The van der Waals surface area contributed by atoms with Gasteiger partial charge in [0, 0.05) is 46.5 Å². The van der Waals surface area contributed by atoms with Gasteiger partial charge in [0.15, 0.2) is 24.8 Å². The van der Waals surface area contributed by atoms with E-state index in [0.717, 1.165) is 6.92 Å². The summed E-state index contributed by atoms with van der Waals surface area (Å²) in [5.74, 6) is -4.60. The summed E-state index contributed by atoms with van der Waals surface area (Å²) in [6.45, 7) is 8.57. The van der Waals surface area contributed by atoms with Crippen molar-refractivity contribution in [3.63, 3.8) is 0 Å². The van der Waals surface area contributed by atoms with Crippen molar-refractivity contribution < 1.29 is 67.0 Å². The molecule has 5 unspecified atom stereocenters. The van der Waals surface area contributed by atoms with Crippen molar-refractivity contribution in [3.8, 4) is 0 Å². The first-order chi connectivity index (χ1) is 17.7. The molecule has 10 atom stereocenters. The van der Waals surface area contributed by atoms with Crippen LogP contribution in [-0.4, -0.2) is 97.4 Å². The Morgan fingerprint density at radius 1 is 0.605 bits per heavy atom. The zero-order chi connectivity index (χ0) is 28.7. The van der Waals surface area contributed by atoms with E-state index in [4.69, 9.17) is 37.9 Å². The normalized spacial score (nSPS) is 34.9. The molecule has 1 N–H and O–H groups in total. The number of hydrogen-bond donors (Lipinski definition) is 1. The summed E-state index contributed by atoms with van der Waals surface area (Å²) in [5.41, 5.74) is 0. The standard InChI is InChI=1S/C24H36O14/c1-10-20(17(8-31-12(3)25)36-23(30)21(10)34-15(6)28)38-24-22(35-16(7)29)11(2)19(33-14(5)27)18(37-24)9-32-13(4)26/h10-11,17-24,30H,8-9H2,1-7H3/t10?,11-,17-,18?,19+,20-,21?,22?,23?,24-/m0/s1. The first-order valence-electron chi connectivity index (χ1n) is 12.1. The van der Waals surface area contributed by atoms with Crippen molar-refractivity contribution in [1.29, 1.82) is 0 Å². The first kappa shape index (κ1) is 31.4. The molecule has 216 valence electrons. The number of carbonyl (C=O) groups excluding carboxylic acids is 5. The lowest BCUT2D eigenvalue weighted by atomic mass is 9.88. The van der Waals surface area contributed by atoms with Crippen LogP contribution >= 0.6 is 0 Å². The van der Waals surface area contributed by atoms with E-state index < -0.39 is 90.9 Å². The molecule has 38 heavy (non-hydrogen) atoms. The van der Waals surface area contributed by atoms with Gasteiger partial charge in [-0.2, -0.15) is 0 Å². The Bertz CT molecular complexity index is 870. The van der Waals surface area contributed by atoms with Crippen LogP contribution in [0.4, 0.5) is 0 Å². The molecule has 14 nitrogen and oxygen atoms in total. The number of carbonyl (C=O) groups is 5. The number of aliphatic hydroxyl groups excluding tert-OH is 1. The van der Waals surface area contributed by atoms with Crippen LogP contribution in [-0.2, 0) is 61.9 Å². The van der Waals surface area contributed by atoms with Gasteiger partial charge >= 0.3 is 29.8 Å². The van der Waals surface area contributed by atoms with Crippen LogP contribution in [0.1, 0.15) is 48.5 Å². The Kier molecular flexibility index (Phi) is 11.4. The summed E-state index contributed by atoms with van der Waals surface area (Å²) in [6, 6.07) is 0. The minimum atomic E-state index is -1.55. The number of ether oxygens (including phenoxy) is 8. The smallest absolute Gasteiger partial charge is 0.303 e. The van der Waals surface area contributed by atoms with E-state index in [0.29, 0.717) is 0 Å². The number of rotatable bonds is 9. The van der Waals surface area contributed by atoms with Crippen molar-refractivity contribution in [3.05, 3.63) is 0 Å². The molecule has 2 aliphatic heterocycles. The molecule has 2 heterocycles. The number of esters is 5. The Labute approximate surface area is 220 Å². The maximum Gasteiger partial charge on any atom is 0.303 e. The zero-order valence-corrected chi connectivity index (χ0v) is 22.4. The second-order valence-corrected chi connectivity index (χ2v) is 9.25. The third-order valence-electron chi connectivity index (χ3n) is 6.08. The molecule has 0 aliphatic carbocycles. The Balaban J connectivity index is 2.42. The summed E-state index contributed by atoms with van der Waals surface area (Å²) in [7, 11) is 0. The maximum atomic E-state index is 12.0. The summed E-state index contributed by atoms with van der Waals surface area (Å²) in [6.07, 6.45) is -9.14. The fourth-order valence-corrected chi connectivity index (χ4v) is 4.45. The minimum absolute atomic E-state index is 0.299. The summed E-state index contributed by atoms with van der Waals surface area (Å²) in [5, 5.41) is 10.5. The van der Waals surface area contributed by atoms with Crippen molar-refractivity contribution in [2.45, 2.75) is 97.7 Å². The average Bonchev–Trinajstić information content (AvgIpc) is 2.79. The summed E-state index contributed by atoms with van der Waals surface area (Å²) in [4.78, 5) is 58.3. The van der Waals surface area contributed by atoms with Gasteiger partial charge in [-0.25, -0.2) is 0 Å². The third-order valence-corrected chi connectivity index (χ3v) is 6.08. The SMILES string of the molecule is CC(=O)OCC1O[C@@H](O[C@H]2C(C)C(OC(C)=O)C(O)O[C@H]2COC(C)=O)C(OC(C)=O)[C@@H](C)[C@H]1OC(C)=O. The van der Waals surface area contributed by atoms with Gasteiger partial charge in [0.2, 0.25) is 0 Å². The highest BCUT2D eigenvalue weighted by Gasteiger charge is 2.52. The van der Waals surface area contributed by atoms with E-state index in [2.05, 4.69) is 0 Å². The van der Waals surface area contributed by atoms with Gasteiger partial charge in [-0.1, -0.05) is 13.8 Å². The molecule has 0 saturated carbocycles. The van der Waals surface area contributed by atoms with Crippen LogP contribution in [0.25, 0.3) is 0 Å². The highest BCUT2D eigenvalue weighted by molar-refractivity contribution is 5.67. The Morgan fingerprint density at radius 2 is 1.03 bits per heavy atom. The fourth-order valence-electron chi connectivity index (χ4n) is 4.45. The van der Waals surface area contributed by atoms with Gasteiger partial charge in [-0.05, 0) is 0 Å². The average molecular weight is 549 g/mol. The highest BCUT2D eigenvalue weighted by atomic mass is 16.7. The third kappa shape index (κ3) is 8.61. The topological polar surface area (TPSA) is 179 Å². The molecule has 2 fully saturated rings. The van der Waals surface area contributed by atoms with E-state index in [1.807, 2.05) is 0 Å². The molecule has 0 spiro atoms. The Hall–Kier alpha value is -2.81. The predicted molar refractivity (Wildman–Crippen MR) is 123 cm³/mol. The lowest BCUT2D eigenvalue weighted by molar-refractivity contribution is -0.344. The van der Waals surface area contributed by atoms with Crippen LogP contribution in [0.3, 0.4) is 0 Å². The molecule has 0 amide bonds. The van der Waals surface area contributed by atoms with Gasteiger partial charge in [-0.15, -0.1) is 0 Å². The van der Waals surface area contributed by atoms with E-state index in [1.54, 1.807) is 13.8 Å². The van der Waals surface area contributed by atoms with E-state index >= 15 is 0 Å². The molecule has 14 heteroatoms. The second kappa shape index (κ2) is 13.8. The largest absolute Gasteiger partial charge is 0.463 e. The van der Waals surface area contributed by atoms with Crippen LogP contribution < -0.4 is 0 Å². The van der Waals surface area contributed by atoms with Gasteiger partial charge in [0.05, 0.1) is 6.10 Å². The molecule has 0 aromatic rings. The lowest BCUT2D eigenvalue weighted by Crippen LogP contribution is -2.62. The van der Waals surface area contributed by atoms with Crippen molar-refractivity contribution in [2.75, 3.05) is 13.2 Å². The number of hydrogen-bond acceptors (Lipinski definition) is 14. The molecule has 2 rings (SSSR count). The molecule has 2 aliphatic rings. The van der Waals surface area contributed by atoms with Gasteiger partial charge in [0.25, 0.3) is 0 Å². The Morgan fingerprint density at radius 3 is 1.50 bits per heavy atom. The van der Waals surface area contributed by atoms with Gasteiger partial charge < -0.3 is 43.0 Å². The maximum absolute atomic E-state index is 12.0. The predicted octanol–water partition coefficient (Wildman–Crippen LogP) is 0.00720. The minimum Gasteiger partial charge on any atom is -0.463 e. The fraction of sp³-hybridized carbons (Fsp3) is 0.792. The zero-order valence-electron chi connectivity index (χ0n) is 22.4. The quantitative estimate of drug-likeness (QED) is 0.301. The van der Waals surface area contributed by atoms with Crippen LogP contribution in [0, 0.1) is 11.8 Å². The molecule has 2 saturated heterocycles. The van der Waals surface area contributed by atoms with E-state index in [1.165, 1.54) is 27.7 Å². The van der Waals surface area contributed by atoms with E-state index in [-0.39, 0.29) is 13.2 Å². The monoisotopic (exact) mass is 548 g/mol. The second-order valence-electron chi connectivity index (χ2n) is 9.25. The van der Waals surface area contributed by atoms with E-state index in [9.17, 15) is 29.1 Å². The van der Waals surface area contributed by atoms with Crippen molar-refractivity contribution >= 4 is 29.8 Å². The van der Waals surface area contributed by atoms with Gasteiger partial charge in [0.1, 0.15) is 31.5 Å². The first-order valence-corrected chi connectivity index (χ1v) is 12.1. The van der Waals surface area contributed by atoms with Crippen LogP contribution in [0.5, 0.6) is 0 Å². The molecule has 0 bridgehead atoms. The molecule has 0 radical (unpaired) electrons. The molecular formula is C24H36O14. The van der Waals surface area contributed by atoms with Crippen LogP contribution in [0.2, 0.25) is 0 Å². The molecular weight excluding hydrogens is 512 g/mol. The summed E-state index contributed by atoms with van der Waals surface area (Å²) < 4.78 is 44.1. The van der Waals surface area contributed by atoms with Crippen molar-refractivity contribution in [2.24, 2.45) is 11.8 Å². The van der Waals surface area contributed by atoms with Crippen LogP contribution in [0.15, 0.2) is 0 Å². The number of aliphatic hydroxyl groups is 1. The summed E-state index contributed by atoms with van der Waals surface area (Å²) >= 11 is 0. The molecule has 0 aromatic carbocycles. The van der Waals surface area contributed by atoms with Crippen molar-refractivity contribution in [1.82, 2.24) is 0 Å². The van der Waals surface area contributed by atoms with Gasteiger partial charge in [-0.3, -0.25) is 24.0 Å². The highest BCUT2D eigenvalue weighted by Crippen LogP contribution is 2.36.